The number of carbonyl (C=O) groups excluding carboxylic acids is 1. The van der Waals surface area contributed by atoms with Crippen LogP contribution < -0.4 is 15.8 Å². The van der Waals surface area contributed by atoms with Crippen molar-refractivity contribution < 1.29 is 9.53 Å². The third kappa shape index (κ3) is 2.82. The molecule has 0 aliphatic heterocycles. The van der Waals surface area contributed by atoms with E-state index >= 15 is 0 Å². The number of nitrogens with one attached hydrogen (secondary N) is 1. The molecule has 0 aliphatic carbocycles. The number of ether oxygens (including phenoxy) is 1. The Morgan fingerprint density at radius 2 is 2.16 bits per heavy atom. The van der Waals surface area contributed by atoms with Gasteiger partial charge in [-0.05, 0) is 42.8 Å². The number of methoxy groups -OCH3 is 1. The zero-order valence-electron chi connectivity index (χ0n) is 10.8. The quantitative estimate of drug-likeness (QED) is 0.884. The molecule has 0 bridgehead atoms. The van der Waals surface area contributed by atoms with Gasteiger partial charge in [-0.1, -0.05) is 0 Å². The van der Waals surface area contributed by atoms with Crippen LogP contribution in [0.15, 0.2) is 36.5 Å². The van der Waals surface area contributed by atoms with Gasteiger partial charge in [0.1, 0.15) is 11.6 Å². The number of nitrogen functional groups attached to an aromatic ring is 1. The van der Waals surface area contributed by atoms with E-state index in [1.54, 1.807) is 37.6 Å². The number of nitrogens with two attached hydrogens (primary N) is 1. The second-order valence-corrected chi connectivity index (χ2v) is 4.07. The van der Waals surface area contributed by atoms with Crippen LogP contribution in [0.2, 0.25) is 0 Å². The van der Waals surface area contributed by atoms with Gasteiger partial charge >= 0.3 is 0 Å². The van der Waals surface area contributed by atoms with Gasteiger partial charge in [0.15, 0.2) is 0 Å². The number of hydrogen-bond donors (Lipinski definition) is 2. The molecule has 19 heavy (non-hydrogen) atoms. The smallest absolute Gasteiger partial charge is 0.259 e. The van der Waals surface area contributed by atoms with E-state index in [9.17, 15) is 4.79 Å². The van der Waals surface area contributed by atoms with Gasteiger partial charge in [0.2, 0.25) is 0 Å². The summed E-state index contributed by atoms with van der Waals surface area (Å²) in [5, 5.41) is 2.80. The highest BCUT2D eigenvalue weighted by molar-refractivity contribution is 6.07. The zero-order chi connectivity index (χ0) is 13.8. The molecule has 98 valence electrons. The molecule has 0 spiro atoms. The maximum absolute atomic E-state index is 12.1. The molecule has 0 atom stereocenters. The lowest BCUT2D eigenvalue weighted by molar-refractivity contribution is 0.102. The minimum absolute atomic E-state index is 0.214. The molecule has 5 heteroatoms. The van der Waals surface area contributed by atoms with Gasteiger partial charge in [0.25, 0.3) is 5.91 Å². The van der Waals surface area contributed by atoms with Crippen LogP contribution in [0, 0.1) is 6.92 Å². The summed E-state index contributed by atoms with van der Waals surface area (Å²) in [7, 11) is 1.60. The third-order valence-corrected chi connectivity index (χ3v) is 2.76. The first-order chi connectivity index (χ1) is 9.11. The van der Waals surface area contributed by atoms with Crippen LogP contribution >= 0.6 is 0 Å². The molecule has 0 fully saturated rings. The zero-order valence-corrected chi connectivity index (χ0v) is 10.8. The molecule has 1 aromatic heterocycles. The van der Waals surface area contributed by atoms with Crippen molar-refractivity contribution in [2.75, 3.05) is 18.2 Å². The second-order valence-electron chi connectivity index (χ2n) is 4.07. The van der Waals surface area contributed by atoms with Crippen molar-refractivity contribution >= 4 is 17.4 Å². The lowest BCUT2D eigenvalue weighted by atomic mass is 10.1. The summed E-state index contributed by atoms with van der Waals surface area (Å²) in [5.74, 6) is 0.682. The lowest BCUT2D eigenvalue weighted by Crippen LogP contribution is -2.15. The largest absolute Gasteiger partial charge is 0.497 e. The first kappa shape index (κ1) is 12.9. The van der Waals surface area contributed by atoms with Gasteiger partial charge in [-0.15, -0.1) is 0 Å². The average Bonchev–Trinajstić information content (AvgIpc) is 2.41. The van der Waals surface area contributed by atoms with Crippen molar-refractivity contribution in [2.45, 2.75) is 6.92 Å². The predicted octanol–water partition coefficient (Wildman–Crippen LogP) is 2.23. The fraction of sp³-hybridized carbons (Fsp3) is 0.143. The van der Waals surface area contributed by atoms with E-state index in [4.69, 9.17) is 10.5 Å². The Bertz CT molecular complexity index is 611. The number of anilines is 2. The molecule has 1 aromatic carbocycles. The van der Waals surface area contributed by atoms with E-state index in [2.05, 4.69) is 10.3 Å². The summed E-state index contributed by atoms with van der Waals surface area (Å²) in [6.07, 6.45) is 1.55. The third-order valence-electron chi connectivity index (χ3n) is 2.76. The number of pyridine rings is 1. The van der Waals surface area contributed by atoms with Gasteiger partial charge in [-0.3, -0.25) is 4.79 Å². The molecule has 0 unspecified atom stereocenters. The number of aromatic nitrogens is 1. The monoisotopic (exact) mass is 257 g/mol. The number of carbonyl (C=O) groups is 1. The van der Waals surface area contributed by atoms with E-state index < -0.39 is 0 Å². The normalized spacial score (nSPS) is 10.0. The average molecular weight is 257 g/mol. The van der Waals surface area contributed by atoms with Crippen LogP contribution in [0.5, 0.6) is 5.75 Å². The topological polar surface area (TPSA) is 77.2 Å². The molecule has 0 saturated carbocycles. The fourth-order valence-corrected chi connectivity index (χ4v) is 1.70. The van der Waals surface area contributed by atoms with E-state index in [0.717, 1.165) is 11.3 Å². The Hall–Kier alpha value is -2.56. The van der Waals surface area contributed by atoms with Crippen molar-refractivity contribution in [1.29, 1.82) is 0 Å². The first-order valence-electron chi connectivity index (χ1n) is 5.78. The van der Waals surface area contributed by atoms with Crippen molar-refractivity contribution in [3.63, 3.8) is 0 Å². The van der Waals surface area contributed by atoms with E-state index in [0.29, 0.717) is 11.3 Å². The standard InChI is InChI=1S/C14H15N3O2/c1-9-8-10(19-2)5-6-12(9)17-14(18)11-4-3-7-16-13(11)15/h3-8H,1-2H3,(H2,15,16)(H,17,18). The Balaban J connectivity index is 2.22. The highest BCUT2D eigenvalue weighted by Crippen LogP contribution is 2.22. The molecular weight excluding hydrogens is 242 g/mol. The molecule has 0 radical (unpaired) electrons. The van der Waals surface area contributed by atoms with Crippen LogP contribution in [0.25, 0.3) is 0 Å². The molecular formula is C14H15N3O2. The predicted molar refractivity (Wildman–Crippen MR) is 74.3 cm³/mol. The van der Waals surface area contributed by atoms with Crippen LogP contribution in [-0.4, -0.2) is 18.0 Å². The Morgan fingerprint density at radius 1 is 1.37 bits per heavy atom. The highest BCUT2D eigenvalue weighted by atomic mass is 16.5. The number of hydrogen-bond acceptors (Lipinski definition) is 4. The van der Waals surface area contributed by atoms with Gasteiger partial charge < -0.3 is 15.8 Å². The van der Waals surface area contributed by atoms with Crippen LogP contribution in [-0.2, 0) is 0 Å². The number of rotatable bonds is 3. The summed E-state index contributed by atoms with van der Waals surface area (Å²) in [6.45, 7) is 1.89. The summed E-state index contributed by atoms with van der Waals surface area (Å²) in [6, 6.07) is 8.73. The maximum Gasteiger partial charge on any atom is 0.259 e. The first-order valence-corrected chi connectivity index (χ1v) is 5.78. The number of aryl methyl sites for hydroxylation is 1. The highest BCUT2D eigenvalue weighted by Gasteiger charge is 2.11. The molecule has 2 rings (SSSR count). The summed E-state index contributed by atoms with van der Waals surface area (Å²) in [4.78, 5) is 16.0. The van der Waals surface area contributed by atoms with E-state index in [1.165, 1.54) is 0 Å². The number of benzene rings is 1. The van der Waals surface area contributed by atoms with E-state index in [-0.39, 0.29) is 11.7 Å². The van der Waals surface area contributed by atoms with E-state index in [1.807, 2.05) is 13.0 Å². The van der Waals surface area contributed by atoms with Gasteiger partial charge in [0.05, 0.1) is 12.7 Å². The molecule has 5 nitrogen and oxygen atoms in total. The summed E-state index contributed by atoms with van der Waals surface area (Å²) >= 11 is 0. The van der Waals surface area contributed by atoms with Gasteiger partial charge in [0, 0.05) is 11.9 Å². The molecule has 1 heterocycles. The Morgan fingerprint density at radius 3 is 2.79 bits per heavy atom. The van der Waals surface area contributed by atoms with Crippen LogP contribution in [0.3, 0.4) is 0 Å². The van der Waals surface area contributed by atoms with Gasteiger partial charge in [-0.2, -0.15) is 0 Å². The lowest BCUT2D eigenvalue weighted by Gasteiger charge is -2.10. The van der Waals surface area contributed by atoms with Gasteiger partial charge in [-0.25, -0.2) is 4.98 Å². The van der Waals surface area contributed by atoms with Crippen molar-refractivity contribution in [1.82, 2.24) is 4.98 Å². The maximum atomic E-state index is 12.1. The summed E-state index contributed by atoms with van der Waals surface area (Å²) in [5.41, 5.74) is 7.65. The molecule has 2 aromatic rings. The Kier molecular flexibility index (Phi) is 3.66. The second kappa shape index (κ2) is 5.39. The minimum Gasteiger partial charge on any atom is -0.497 e. The molecule has 0 aliphatic rings. The van der Waals surface area contributed by atoms with Crippen LogP contribution in [0.4, 0.5) is 11.5 Å². The molecule has 3 N–H and O–H groups in total. The summed E-state index contributed by atoms with van der Waals surface area (Å²) < 4.78 is 5.12. The number of amides is 1. The van der Waals surface area contributed by atoms with Crippen molar-refractivity contribution in [2.24, 2.45) is 0 Å². The van der Waals surface area contributed by atoms with Crippen molar-refractivity contribution in [3.8, 4) is 5.75 Å². The molecule has 0 saturated heterocycles. The molecule has 1 amide bonds. The SMILES string of the molecule is COc1ccc(NC(=O)c2cccnc2N)c(C)c1. The van der Waals surface area contributed by atoms with Crippen molar-refractivity contribution in [3.05, 3.63) is 47.7 Å². The Labute approximate surface area is 111 Å². The minimum atomic E-state index is -0.279. The van der Waals surface area contributed by atoms with Crippen LogP contribution in [0.1, 0.15) is 15.9 Å². The fourth-order valence-electron chi connectivity index (χ4n) is 1.70. The number of nitrogens with zero attached hydrogens (tertiary/aromatic N) is 1.